The SMILES string of the molecule is CC(C)(C)c1ccc(SCC(=O)Nc2ccc(Oc3ccc(Cl)cc3)cc2)cc1. The van der Waals surface area contributed by atoms with Crippen molar-refractivity contribution >= 4 is 35.0 Å². The number of thioether (sulfide) groups is 1. The first-order chi connectivity index (χ1) is 13.8. The van der Waals surface area contributed by atoms with Crippen molar-refractivity contribution in [2.24, 2.45) is 0 Å². The summed E-state index contributed by atoms with van der Waals surface area (Å²) in [5.74, 6) is 1.72. The van der Waals surface area contributed by atoms with E-state index in [2.05, 4.69) is 50.4 Å². The lowest BCUT2D eigenvalue weighted by Gasteiger charge is -2.19. The molecule has 0 aliphatic carbocycles. The Labute approximate surface area is 181 Å². The molecule has 0 bridgehead atoms. The van der Waals surface area contributed by atoms with Gasteiger partial charge in [-0.1, -0.05) is 44.5 Å². The van der Waals surface area contributed by atoms with Crippen LogP contribution >= 0.6 is 23.4 Å². The van der Waals surface area contributed by atoms with Gasteiger partial charge in [0.25, 0.3) is 0 Å². The molecule has 3 aromatic rings. The molecule has 5 heteroatoms. The van der Waals surface area contributed by atoms with Crippen LogP contribution in [0.2, 0.25) is 5.02 Å². The van der Waals surface area contributed by atoms with Gasteiger partial charge >= 0.3 is 0 Å². The van der Waals surface area contributed by atoms with E-state index < -0.39 is 0 Å². The summed E-state index contributed by atoms with van der Waals surface area (Å²) in [5, 5.41) is 3.58. The number of ether oxygens (including phenoxy) is 1. The lowest BCUT2D eigenvalue weighted by molar-refractivity contribution is -0.113. The summed E-state index contributed by atoms with van der Waals surface area (Å²) in [6.45, 7) is 6.57. The highest BCUT2D eigenvalue weighted by molar-refractivity contribution is 8.00. The Kier molecular flexibility index (Phi) is 6.88. The molecule has 0 aliphatic heterocycles. The Morgan fingerprint density at radius 2 is 1.45 bits per heavy atom. The molecule has 0 saturated carbocycles. The summed E-state index contributed by atoms with van der Waals surface area (Å²) < 4.78 is 5.76. The molecule has 0 radical (unpaired) electrons. The van der Waals surface area contributed by atoms with E-state index in [1.807, 2.05) is 36.4 Å². The zero-order chi connectivity index (χ0) is 20.9. The van der Waals surface area contributed by atoms with Crippen molar-refractivity contribution in [2.75, 3.05) is 11.1 Å². The highest BCUT2D eigenvalue weighted by Crippen LogP contribution is 2.27. The van der Waals surface area contributed by atoms with Crippen LogP contribution in [0.5, 0.6) is 11.5 Å². The summed E-state index contributed by atoms with van der Waals surface area (Å²) in [5.41, 5.74) is 2.15. The normalized spacial score (nSPS) is 11.2. The van der Waals surface area contributed by atoms with Crippen molar-refractivity contribution in [3.63, 3.8) is 0 Å². The fourth-order valence-corrected chi connectivity index (χ4v) is 3.47. The standard InChI is InChI=1S/C24H24ClNO2S/c1-24(2,3)17-4-14-22(15-5-17)29-16-23(27)26-19-8-12-21(13-9-19)28-20-10-6-18(25)7-11-20/h4-15H,16H2,1-3H3,(H,26,27). The molecule has 1 N–H and O–H groups in total. The predicted octanol–water partition coefficient (Wildman–Crippen LogP) is 7.16. The van der Waals surface area contributed by atoms with Gasteiger partial charge in [-0.3, -0.25) is 4.79 Å². The van der Waals surface area contributed by atoms with Crippen molar-refractivity contribution in [1.29, 1.82) is 0 Å². The Balaban J connectivity index is 1.49. The van der Waals surface area contributed by atoms with Crippen LogP contribution in [-0.4, -0.2) is 11.7 Å². The molecule has 0 atom stereocenters. The maximum Gasteiger partial charge on any atom is 0.234 e. The van der Waals surface area contributed by atoms with Crippen LogP contribution in [0.15, 0.2) is 77.7 Å². The maximum absolute atomic E-state index is 12.2. The highest BCUT2D eigenvalue weighted by Gasteiger charge is 2.13. The van der Waals surface area contributed by atoms with E-state index in [0.29, 0.717) is 22.3 Å². The number of anilines is 1. The molecule has 0 spiro atoms. The first-order valence-electron chi connectivity index (χ1n) is 9.36. The minimum absolute atomic E-state index is 0.0405. The first kappa shape index (κ1) is 21.3. The van der Waals surface area contributed by atoms with E-state index in [9.17, 15) is 4.79 Å². The second kappa shape index (κ2) is 9.38. The van der Waals surface area contributed by atoms with Gasteiger partial charge in [-0.2, -0.15) is 0 Å². The summed E-state index contributed by atoms with van der Waals surface area (Å²) in [6, 6.07) is 22.9. The monoisotopic (exact) mass is 425 g/mol. The van der Waals surface area contributed by atoms with Gasteiger partial charge in [0.15, 0.2) is 0 Å². The lowest BCUT2D eigenvalue weighted by atomic mass is 9.87. The second-order valence-corrected chi connectivity index (χ2v) is 9.18. The molecule has 0 aromatic heterocycles. The Bertz CT molecular complexity index is 946. The van der Waals surface area contributed by atoms with Crippen molar-refractivity contribution in [1.82, 2.24) is 0 Å². The topological polar surface area (TPSA) is 38.3 Å². The summed E-state index contributed by atoms with van der Waals surface area (Å²) in [6.07, 6.45) is 0. The molecule has 0 unspecified atom stereocenters. The number of halogens is 1. The lowest BCUT2D eigenvalue weighted by Crippen LogP contribution is -2.14. The van der Waals surface area contributed by atoms with Gasteiger partial charge in [-0.15, -0.1) is 11.8 Å². The molecule has 0 heterocycles. The number of carbonyl (C=O) groups excluding carboxylic acids is 1. The second-order valence-electron chi connectivity index (χ2n) is 7.69. The molecule has 150 valence electrons. The van der Waals surface area contributed by atoms with Gasteiger partial charge in [-0.05, 0) is 71.6 Å². The van der Waals surface area contributed by atoms with Crippen LogP contribution in [0.4, 0.5) is 5.69 Å². The van der Waals surface area contributed by atoms with Gasteiger partial charge in [0.2, 0.25) is 5.91 Å². The van der Waals surface area contributed by atoms with Gasteiger partial charge in [-0.25, -0.2) is 0 Å². The van der Waals surface area contributed by atoms with Crippen LogP contribution in [0.1, 0.15) is 26.3 Å². The van der Waals surface area contributed by atoms with Gasteiger partial charge in [0.05, 0.1) is 5.75 Å². The molecule has 0 aliphatic rings. The Morgan fingerprint density at radius 3 is 2.00 bits per heavy atom. The third-order valence-electron chi connectivity index (χ3n) is 4.28. The van der Waals surface area contributed by atoms with Crippen LogP contribution < -0.4 is 10.1 Å². The van der Waals surface area contributed by atoms with Crippen molar-refractivity contribution in [3.05, 3.63) is 83.4 Å². The Morgan fingerprint density at radius 1 is 0.897 bits per heavy atom. The fraction of sp³-hybridized carbons (Fsp3) is 0.208. The van der Waals surface area contributed by atoms with Crippen LogP contribution in [-0.2, 0) is 10.2 Å². The summed E-state index contributed by atoms with van der Waals surface area (Å²) >= 11 is 7.40. The Hall–Kier alpha value is -2.43. The smallest absolute Gasteiger partial charge is 0.234 e. The number of nitrogens with one attached hydrogen (secondary N) is 1. The number of hydrogen-bond acceptors (Lipinski definition) is 3. The van der Waals surface area contributed by atoms with Gasteiger partial charge in [0, 0.05) is 15.6 Å². The molecular weight excluding hydrogens is 402 g/mol. The number of carbonyl (C=O) groups is 1. The van der Waals surface area contributed by atoms with Crippen molar-refractivity contribution in [2.45, 2.75) is 31.1 Å². The molecule has 3 rings (SSSR count). The molecular formula is C24H24ClNO2S. The largest absolute Gasteiger partial charge is 0.457 e. The zero-order valence-electron chi connectivity index (χ0n) is 16.7. The third-order valence-corrected chi connectivity index (χ3v) is 5.54. The van der Waals surface area contributed by atoms with Crippen LogP contribution in [0.25, 0.3) is 0 Å². The van der Waals surface area contributed by atoms with E-state index in [0.717, 1.165) is 10.6 Å². The summed E-state index contributed by atoms with van der Waals surface area (Å²) in [7, 11) is 0. The van der Waals surface area contributed by atoms with Crippen LogP contribution in [0.3, 0.4) is 0 Å². The van der Waals surface area contributed by atoms with E-state index in [-0.39, 0.29) is 11.3 Å². The van der Waals surface area contributed by atoms with Crippen LogP contribution in [0, 0.1) is 0 Å². The fourth-order valence-electron chi connectivity index (χ4n) is 2.64. The molecule has 0 saturated heterocycles. The van der Waals surface area contributed by atoms with Crippen molar-refractivity contribution < 1.29 is 9.53 Å². The minimum atomic E-state index is -0.0405. The van der Waals surface area contributed by atoms with E-state index in [1.165, 1.54) is 17.3 Å². The molecule has 0 fully saturated rings. The highest BCUT2D eigenvalue weighted by atomic mass is 35.5. The molecule has 29 heavy (non-hydrogen) atoms. The van der Waals surface area contributed by atoms with E-state index in [4.69, 9.17) is 16.3 Å². The zero-order valence-corrected chi connectivity index (χ0v) is 18.3. The maximum atomic E-state index is 12.2. The minimum Gasteiger partial charge on any atom is -0.457 e. The van der Waals surface area contributed by atoms with E-state index in [1.54, 1.807) is 12.1 Å². The average molecular weight is 426 g/mol. The third kappa shape index (κ3) is 6.55. The molecule has 3 nitrogen and oxygen atoms in total. The van der Waals surface area contributed by atoms with Crippen molar-refractivity contribution in [3.8, 4) is 11.5 Å². The van der Waals surface area contributed by atoms with Gasteiger partial charge < -0.3 is 10.1 Å². The number of amides is 1. The number of rotatable bonds is 6. The predicted molar refractivity (Wildman–Crippen MR) is 122 cm³/mol. The van der Waals surface area contributed by atoms with E-state index >= 15 is 0 Å². The molecule has 1 amide bonds. The average Bonchev–Trinajstić information content (AvgIpc) is 2.69. The quantitative estimate of drug-likeness (QED) is 0.425. The van der Waals surface area contributed by atoms with Gasteiger partial charge in [0.1, 0.15) is 11.5 Å². The summed E-state index contributed by atoms with van der Waals surface area (Å²) in [4.78, 5) is 13.3. The first-order valence-corrected chi connectivity index (χ1v) is 10.7. The number of benzene rings is 3. The molecule has 3 aromatic carbocycles. The number of hydrogen-bond donors (Lipinski definition) is 1.